The van der Waals surface area contributed by atoms with Crippen LogP contribution in [-0.4, -0.2) is 24.2 Å². The first-order chi connectivity index (χ1) is 9.15. The number of hydrogen-bond acceptors (Lipinski definition) is 4. The highest BCUT2D eigenvalue weighted by atomic mass is 16.5. The Hall–Kier alpha value is -2.07. The fourth-order valence-corrected chi connectivity index (χ4v) is 1.97. The van der Waals surface area contributed by atoms with Crippen molar-refractivity contribution < 1.29 is 9.84 Å². The van der Waals surface area contributed by atoms with Crippen molar-refractivity contribution in [1.82, 2.24) is 4.98 Å². The fraction of sp³-hybridized carbons (Fsp3) is 0.267. The van der Waals surface area contributed by atoms with Crippen molar-refractivity contribution in [2.45, 2.75) is 13.5 Å². The van der Waals surface area contributed by atoms with E-state index in [0.29, 0.717) is 0 Å². The summed E-state index contributed by atoms with van der Waals surface area (Å²) >= 11 is 0. The second-order valence-electron chi connectivity index (χ2n) is 4.37. The van der Waals surface area contributed by atoms with Crippen LogP contribution in [0.3, 0.4) is 0 Å². The summed E-state index contributed by atoms with van der Waals surface area (Å²) in [5.74, 6) is 0.806. The van der Waals surface area contributed by atoms with E-state index in [4.69, 9.17) is 4.74 Å². The molecule has 2 aromatic rings. The summed E-state index contributed by atoms with van der Waals surface area (Å²) in [4.78, 5) is 6.23. The zero-order valence-corrected chi connectivity index (χ0v) is 11.4. The molecule has 0 aliphatic heterocycles. The van der Waals surface area contributed by atoms with Gasteiger partial charge in [0.1, 0.15) is 5.75 Å². The molecule has 0 aliphatic rings. The molecular formula is C15H18N2O2. The molecule has 4 heteroatoms. The third-order valence-electron chi connectivity index (χ3n) is 3.07. The van der Waals surface area contributed by atoms with Gasteiger partial charge in [-0.05, 0) is 25.1 Å². The van der Waals surface area contributed by atoms with Crippen LogP contribution in [0.15, 0.2) is 36.5 Å². The SMILES string of the molecule is COc1cccc(N(C)c2cc(C)ncc2CO)c1. The lowest BCUT2D eigenvalue weighted by Gasteiger charge is -2.22. The first-order valence-corrected chi connectivity index (χ1v) is 6.10. The van der Waals surface area contributed by atoms with Crippen LogP contribution in [0.1, 0.15) is 11.3 Å². The molecule has 1 heterocycles. The van der Waals surface area contributed by atoms with Crippen molar-refractivity contribution in [1.29, 1.82) is 0 Å². The molecule has 0 unspecified atom stereocenters. The summed E-state index contributed by atoms with van der Waals surface area (Å²) in [6.45, 7) is 1.90. The number of aliphatic hydroxyl groups excluding tert-OH is 1. The maximum Gasteiger partial charge on any atom is 0.120 e. The minimum absolute atomic E-state index is 0.0308. The highest BCUT2D eigenvalue weighted by molar-refractivity contribution is 5.66. The lowest BCUT2D eigenvalue weighted by atomic mass is 10.2. The van der Waals surface area contributed by atoms with Crippen LogP contribution < -0.4 is 9.64 Å². The minimum atomic E-state index is -0.0308. The number of hydrogen-bond donors (Lipinski definition) is 1. The summed E-state index contributed by atoms with van der Waals surface area (Å²) in [5, 5.41) is 9.41. The van der Waals surface area contributed by atoms with Gasteiger partial charge in [0.2, 0.25) is 0 Å². The summed E-state index contributed by atoms with van der Waals surface area (Å²) in [6, 6.07) is 9.76. The van der Waals surface area contributed by atoms with Crippen LogP contribution in [0.5, 0.6) is 5.75 Å². The zero-order chi connectivity index (χ0) is 13.8. The number of aliphatic hydroxyl groups is 1. The number of aromatic nitrogens is 1. The van der Waals surface area contributed by atoms with Gasteiger partial charge in [-0.3, -0.25) is 4.98 Å². The molecule has 0 amide bonds. The van der Waals surface area contributed by atoms with Crippen LogP contribution in [-0.2, 0) is 6.61 Å². The molecule has 0 saturated heterocycles. The monoisotopic (exact) mass is 258 g/mol. The predicted octanol–water partition coefficient (Wildman–Crippen LogP) is 2.66. The maximum atomic E-state index is 9.41. The van der Waals surface area contributed by atoms with E-state index in [9.17, 15) is 5.11 Å². The van der Waals surface area contributed by atoms with Gasteiger partial charge in [0.15, 0.2) is 0 Å². The first kappa shape index (κ1) is 13.4. The number of aryl methyl sites for hydroxylation is 1. The lowest BCUT2D eigenvalue weighted by molar-refractivity contribution is 0.282. The van der Waals surface area contributed by atoms with E-state index in [2.05, 4.69) is 4.98 Å². The largest absolute Gasteiger partial charge is 0.497 e. The van der Waals surface area contributed by atoms with Gasteiger partial charge in [-0.25, -0.2) is 0 Å². The Bertz CT molecular complexity index is 570. The molecule has 100 valence electrons. The highest BCUT2D eigenvalue weighted by Gasteiger charge is 2.10. The third-order valence-corrected chi connectivity index (χ3v) is 3.07. The van der Waals surface area contributed by atoms with Gasteiger partial charge in [0.05, 0.1) is 13.7 Å². The Labute approximate surface area is 113 Å². The third kappa shape index (κ3) is 2.85. The zero-order valence-electron chi connectivity index (χ0n) is 11.4. The van der Waals surface area contributed by atoms with Crippen LogP contribution in [0, 0.1) is 6.92 Å². The summed E-state index contributed by atoms with van der Waals surface area (Å²) in [6.07, 6.45) is 1.71. The smallest absolute Gasteiger partial charge is 0.120 e. The Kier molecular flexibility index (Phi) is 4.02. The van der Waals surface area contributed by atoms with E-state index in [1.54, 1.807) is 13.3 Å². The van der Waals surface area contributed by atoms with Crippen molar-refractivity contribution in [2.75, 3.05) is 19.1 Å². The average Bonchev–Trinajstić information content (AvgIpc) is 2.46. The van der Waals surface area contributed by atoms with Gasteiger partial charge >= 0.3 is 0 Å². The van der Waals surface area contributed by atoms with Gasteiger partial charge in [-0.1, -0.05) is 6.07 Å². The molecule has 0 bridgehead atoms. The number of methoxy groups -OCH3 is 1. The standard InChI is InChI=1S/C15H18N2O2/c1-11-7-15(12(10-18)9-16-11)17(2)13-5-4-6-14(8-13)19-3/h4-9,18H,10H2,1-3H3. The molecule has 1 aromatic heterocycles. The molecule has 0 spiro atoms. The Morgan fingerprint density at radius 2 is 2.11 bits per heavy atom. The predicted molar refractivity (Wildman–Crippen MR) is 76.0 cm³/mol. The highest BCUT2D eigenvalue weighted by Crippen LogP contribution is 2.29. The number of benzene rings is 1. The molecule has 1 aromatic carbocycles. The van der Waals surface area contributed by atoms with Crippen molar-refractivity contribution in [3.8, 4) is 5.75 Å². The van der Waals surface area contributed by atoms with Gasteiger partial charge < -0.3 is 14.7 Å². The summed E-state index contributed by atoms with van der Waals surface area (Å²) < 4.78 is 5.23. The summed E-state index contributed by atoms with van der Waals surface area (Å²) in [5.41, 5.74) is 3.67. The van der Waals surface area contributed by atoms with Crippen LogP contribution in [0.2, 0.25) is 0 Å². The second kappa shape index (κ2) is 5.71. The average molecular weight is 258 g/mol. The van der Waals surface area contributed by atoms with Gasteiger partial charge in [0, 0.05) is 41.9 Å². The molecule has 0 radical (unpaired) electrons. The second-order valence-corrected chi connectivity index (χ2v) is 4.37. The number of anilines is 2. The Morgan fingerprint density at radius 1 is 1.32 bits per heavy atom. The molecule has 0 saturated carbocycles. The van der Waals surface area contributed by atoms with Gasteiger partial charge in [0.25, 0.3) is 0 Å². The van der Waals surface area contributed by atoms with E-state index in [1.807, 2.05) is 49.2 Å². The molecular weight excluding hydrogens is 240 g/mol. The van der Waals surface area contributed by atoms with E-state index in [0.717, 1.165) is 28.4 Å². The molecule has 0 atom stereocenters. The number of rotatable bonds is 4. The van der Waals surface area contributed by atoms with Gasteiger partial charge in [-0.15, -0.1) is 0 Å². The first-order valence-electron chi connectivity index (χ1n) is 6.10. The van der Waals surface area contributed by atoms with Crippen LogP contribution in [0.4, 0.5) is 11.4 Å². The molecule has 2 rings (SSSR count). The number of nitrogens with zero attached hydrogens (tertiary/aromatic N) is 2. The fourth-order valence-electron chi connectivity index (χ4n) is 1.97. The molecule has 1 N–H and O–H groups in total. The van der Waals surface area contributed by atoms with Crippen LogP contribution >= 0.6 is 0 Å². The van der Waals surface area contributed by atoms with Crippen molar-refractivity contribution in [3.63, 3.8) is 0 Å². The van der Waals surface area contributed by atoms with E-state index < -0.39 is 0 Å². The van der Waals surface area contributed by atoms with E-state index in [1.165, 1.54) is 0 Å². The van der Waals surface area contributed by atoms with E-state index in [-0.39, 0.29) is 6.61 Å². The minimum Gasteiger partial charge on any atom is -0.497 e. The quantitative estimate of drug-likeness (QED) is 0.915. The normalized spacial score (nSPS) is 10.3. The molecule has 19 heavy (non-hydrogen) atoms. The topological polar surface area (TPSA) is 45.6 Å². The lowest BCUT2D eigenvalue weighted by Crippen LogP contribution is -2.12. The van der Waals surface area contributed by atoms with Crippen molar-refractivity contribution in [3.05, 3.63) is 47.8 Å². The number of ether oxygens (including phenoxy) is 1. The molecule has 0 aliphatic carbocycles. The molecule has 4 nitrogen and oxygen atoms in total. The van der Waals surface area contributed by atoms with Crippen molar-refractivity contribution >= 4 is 11.4 Å². The Balaban J connectivity index is 2.42. The van der Waals surface area contributed by atoms with Crippen molar-refractivity contribution in [2.24, 2.45) is 0 Å². The van der Waals surface area contributed by atoms with Crippen LogP contribution in [0.25, 0.3) is 0 Å². The van der Waals surface area contributed by atoms with Gasteiger partial charge in [-0.2, -0.15) is 0 Å². The number of pyridine rings is 1. The summed E-state index contributed by atoms with van der Waals surface area (Å²) in [7, 11) is 3.61. The maximum absolute atomic E-state index is 9.41. The van der Waals surface area contributed by atoms with E-state index >= 15 is 0 Å². The Morgan fingerprint density at radius 3 is 2.79 bits per heavy atom. The molecule has 0 fully saturated rings.